The van der Waals surface area contributed by atoms with Gasteiger partial charge in [0.15, 0.2) is 0 Å². The van der Waals surface area contributed by atoms with E-state index in [-0.39, 0.29) is 17.5 Å². The lowest BCUT2D eigenvalue weighted by Gasteiger charge is -2.34. The van der Waals surface area contributed by atoms with Gasteiger partial charge in [-0.15, -0.1) is 0 Å². The number of carbonyl (C=O) groups excluding carboxylic acids is 2. The Balaban J connectivity index is 1.44. The van der Waals surface area contributed by atoms with E-state index in [0.717, 1.165) is 11.3 Å². The summed E-state index contributed by atoms with van der Waals surface area (Å²) < 4.78 is 19.5. The summed E-state index contributed by atoms with van der Waals surface area (Å²) in [5.74, 6) is 0.414. The van der Waals surface area contributed by atoms with Crippen LogP contribution in [0.15, 0.2) is 48.5 Å². The molecule has 0 atom stereocenters. The van der Waals surface area contributed by atoms with Crippen molar-refractivity contribution >= 4 is 11.9 Å². The number of amides is 3. The average molecular weight is 413 g/mol. The van der Waals surface area contributed by atoms with Gasteiger partial charge in [0.25, 0.3) is 5.91 Å². The van der Waals surface area contributed by atoms with E-state index < -0.39 is 5.82 Å². The number of piperazine rings is 1. The molecule has 1 aliphatic rings. The fourth-order valence-corrected chi connectivity index (χ4v) is 3.17. The van der Waals surface area contributed by atoms with E-state index in [0.29, 0.717) is 45.2 Å². The van der Waals surface area contributed by atoms with Gasteiger partial charge in [0.1, 0.15) is 11.6 Å². The Hall–Kier alpha value is -3.09. The number of nitrogens with zero attached hydrogens (tertiary/aromatic N) is 2. The van der Waals surface area contributed by atoms with Crippen LogP contribution in [0.5, 0.6) is 5.75 Å². The number of ether oxygens (including phenoxy) is 1. The first kappa shape index (κ1) is 21.6. The van der Waals surface area contributed by atoms with Gasteiger partial charge < -0.3 is 19.9 Å². The molecule has 0 saturated carbocycles. The fourth-order valence-electron chi connectivity index (χ4n) is 3.17. The zero-order valence-electron chi connectivity index (χ0n) is 17.4. The molecule has 0 unspecified atom stereocenters. The summed E-state index contributed by atoms with van der Waals surface area (Å²) in [6.45, 7) is 6.85. The Morgan fingerprint density at radius 1 is 1.00 bits per heavy atom. The SMILES string of the molecule is CC(C)COc1ccc(CNC(=O)N2CCN(C(=O)c3ccccc3F)CC2)cc1. The second kappa shape index (κ2) is 10.1. The molecular formula is C23H28FN3O3. The molecule has 1 saturated heterocycles. The lowest BCUT2D eigenvalue weighted by atomic mass is 10.1. The van der Waals surface area contributed by atoms with Crippen molar-refractivity contribution in [3.63, 3.8) is 0 Å². The molecule has 2 aromatic rings. The third-order valence-electron chi connectivity index (χ3n) is 4.91. The van der Waals surface area contributed by atoms with E-state index in [4.69, 9.17) is 4.74 Å². The minimum absolute atomic E-state index is 0.0659. The molecule has 30 heavy (non-hydrogen) atoms. The third kappa shape index (κ3) is 5.72. The highest BCUT2D eigenvalue weighted by Gasteiger charge is 2.26. The Kier molecular flexibility index (Phi) is 7.27. The van der Waals surface area contributed by atoms with Gasteiger partial charge in [0.05, 0.1) is 12.2 Å². The number of rotatable bonds is 6. The van der Waals surface area contributed by atoms with E-state index in [9.17, 15) is 14.0 Å². The predicted molar refractivity (Wildman–Crippen MR) is 113 cm³/mol. The standard InChI is InChI=1S/C23H28FN3O3/c1-17(2)16-30-19-9-7-18(8-10-19)15-25-23(29)27-13-11-26(12-14-27)22(28)20-5-3-4-6-21(20)24/h3-10,17H,11-16H2,1-2H3,(H,25,29). The molecule has 0 radical (unpaired) electrons. The molecule has 0 aromatic heterocycles. The Labute approximate surface area is 176 Å². The molecule has 3 amide bonds. The van der Waals surface area contributed by atoms with Gasteiger partial charge in [-0.05, 0) is 35.7 Å². The maximum Gasteiger partial charge on any atom is 0.317 e. The highest BCUT2D eigenvalue weighted by molar-refractivity contribution is 5.94. The number of carbonyl (C=O) groups is 2. The maximum absolute atomic E-state index is 13.8. The summed E-state index contributed by atoms with van der Waals surface area (Å²) in [5, 5.41) is 2.91. The van der Waals surface area contributed by atoms with Gasteiger partial charge in [-0.2, -0.15) is 0 Å². The molecule has 0 aliphatic carbocycles. The minimum Gasteiger partial charge on any atom is -0.493 e. The second-order valence-corrected chi connectivity index (χ2v) is 7.77. The zero-order chi connectivity index (χ0) is 21.5. The molecule has 6 nitrogen and oxygen atoms in total. The molecule has 1 aliphatic heterocycles. The van der Waals surface area contributed by atoms with Crippen molar-refractivity contribution in [3.05, 3.63) is 65.5 Å². The normalized spacial score (nSPS) is 14.0. The van der Waals surface area contributed by atoms with E-state index in [1.807, 2.05) is 24.3 Å². The summed E-state index contributed by atoms with van der Waals surface area (Å²) >= 11 is 0. The minimum atomic E-state index is -0.525. The van der Waals surface area contributed by atoms with Crippen molar-refractivity contribution in [2.75, 3.05) is 32.8 Å². The summed E-state index contributed by atoms with van der Waals surface area (Å²) in [7, 11) is 0. The topological polar surface area (TPSA) is 61.9 Å². The quantitative estimate of drug-likeness (QED) is 0.788. The van der Waals surface area contributed by atoms with Crippen LogP contribution in [0.3, 0.4) is 0 Å². The van der Waals surface area contributed by atoms with Gasteiger partial charge in [-0.25, -0.2) is 9.18 Å². The molecule has 1 heterocycles. The molecule has 7 heteroatoms. The number of nitrogens with one attached hydrogen (secondary N) is 1. The number of urea groups is 1. The van der Waals surface area contributed by atoms with E-state index in [2.05, 4.69) is 19.2 Å². The number of benzene rings is 2. The van der Waals surface area contributed by atoms with E-state index in [1.54, 1.807) is 21.9 Å². The molecule has 0 spiro atoms. The summed E-state index contributed by atoms with van der Waals surface area (Å²) in [5.41, 5.74) is 1.05. The first-order chi connectivity index (χ1) is 14.4. The van der Waals surface area contributed by atoms with Crippen LogP contribution in [0, 0.1) is 11.7 Å². The highest BCUT2D eigenvalue weighted by atomic mass is 19.1. The van der Waals surface area contributed by atoms with Crippen molar-refractivity contribution in [3.8, 4) is 5.75 Å². The van der Waals surface area contributed by atoms with Crippen LogP contribution in [-0.4, -0.2) is 54.5 Å². The lowest BCUT2D eigenvalue weighted by molar-refractivity contribution is 0.0660. The Bertz CT molecular complexity index is 862. The van der Waals surface area contributed by atoms with Crippen molar-refractivity contribution in [1.29, 1.82) is 0 Å². The van der Waals surface area contributed by atoms with Crippen molar-refractivity contribution < 1.29 is 18.7 Å². The van der Waals surface area contributed by atoms with Gasteiger partial charge in [0, 0.05) is 32.7 Å². The molecule has 1 N–H and O–H groups in total. The molecule has 1 fully saturated rings. The summed E-state index contributed by atoms with van der Waals surface area (Å²) in [4.78, 5) is 28.2. The van der Waals surface area contributed by atoms with E-state index >= 15 is 0 Å². The predicted octanol–water partition coefficient (Wildman–Crippen LogP) is 3.53. The van der Waals surface area contributed by atoms with Gasteiger partial charge in [-0.1, -0.05) is 38.1 Å². The smallest absolute Gasteiger partial charge is 0.317 e. The molecule has 0 bridgehead atoms. The molecule has 2 aromatic carbocycles. The lowest BCUT2D eigenvalue weighted by Crippen LogP contribution is -2.53. The number of halogens is 1. The van der Waals surface area contributed by atoms with Crippen molar-refractivity contribution in [1.82, 2.24) is 15.1 Å². The maximum atomic E-state index is 13.8. The van der Waals surface area contributed by atoms with Gasteiger partial charge in [-0.3, -0.25) is 4.79 Å². The average Bonchev–Trinajstić information content (AvgIpc) is 2.76. The van der Waals surface area contributed by atoms with Crippen LogP contribution in [0.2, 0.25) is 0 Å². The van der Waals surface area contributed by atoms with Crippen LogP contribution in [0.1, 0.15) is 29.8 Å². The molecular weight excluding hydrogens is 385 g/mol. The third-order valence-corrected chi connectivity index (χ3v) is 4.91. The first-order valence-electron chi connectivity index (χ1n) is 10.2. The largest absolute Gasteiger partial charge is 0.493 e. The zero-order valence-corrected chi connectivity index (χ0v) is 17.4. The van der Waals surface area contributed by atoms with E-state index in [1.165, 1.54) is 12.1 Å². The molecule has 3 rings (SSSR count). The van der Waals surface area contributed by atoms with Gasteiger partial charge in [0.2, 0.25) is 0 Å². The van der Waals surface area contributed by atoms with Gasteiger partial charge >= 0.3 is 6.03 Å². The van der Waals surface area contributed by atoms with Crippen molar-refractivity contribution in [2.45, 2.75) is 20.4 Å². The first-order valence-corrected chi connectivity index (χ1v) is 10.2. The van der Waals surface area contributed by atoms with Crippen LogP contribution < -0.4 is 10.1 Å². The second-order valence-electron chi connectivity index (χ2n) is 7.77. The monoisotopic (exact) mass is 413 g/mol. The molecule has 160 valence electrons. The Morgan fingerprint density at radius 2 is 1.63 bits per heavy atom. The fraction of sp³-hybridized carbons (Fsp3) is 0.391. The summed E-state index contributed by atoms with van der Waals surface area (Å²) in [6.07, 6.45) is 0. The highest BCUT2D eigenvalue weighted by Crippen LogP contribution is 2.14. The summed E-state index contributed by atoms with van der Waals surface area (Å²) in [6, 6.07) is 13.4. The number of hydrogen-bond acceptors (Lipinski definition) is 3. The van der Waals surface area contributed by atoms with Crippen LogP contribution in [0.4, 0.5) is 9.18 Å². The Morgan fingerprint density at radius 3 is 2.27 bits per heavy atom. The number of hydrogen-bond donors (Lipinski definition) is 1. The van der Waals surface area contributed by atoms with Crippen molar-refractivity contribution in [2.24, 2.45) is 5.92 Å². The van der Waals surface area contributed by atoms with Crippen LogP contribution in [0.25, 0.3) is 0 Å². The van der Waals surface area contributed by atoms with Crippen LogP contribution in [-0.2, 0) is 6.54 Å². The van der Waals surface area contributed by atoms with Crippen LogP contribution >= 0.6 is 0 Å².